The molecule has 0 aliphatic rings. The molecule has 0 saturated carbocycles. The number of fused-ring (bicyclic) bond motifs is 3. The number of aromatic nitrogens is 3. The van der Waals surface area contributed by atoms with E-state index in [1.54, 1.807) is 0 Å². The molecule has 4 nitrogen and oxygen atoms in total. The van der Waals surface area contributed by atoms with Crippen LogP contribution in [0.2, 0.25) is 0 Å². The Hall–Kier alpha value is -8.00. The number of hydrogen-bond donors (Lipinski definition) is 0. The van der Waals surface area contributed by atoms with E-state index in [1.807, 2.05) is 72.8 Å². The normalized spacial score (nSPS) is 11.1. The van der Waals surface area contributed by atoms with Gasteiger partial charge in [-0.05, 0) is 90.3 Å². The van der Waals surface area contributed by atoms with Crippen LogP contribution in [0.15, 0.2) is 206 Å². The first kappa shape index (κ1) is 34.5. The largest absolute Gasteiger partial charge is 0.208 e. The van der Waals surface area contributed by atoms with E-state index in [9.17, 15) is 5.26 Å². The lowest BCUT2D eigenvalue weighted by Crippen LogP contribution is -2.01. The highest BCUT2D eigenvalue weighted by Crippen LogP contribution is 2.39. The molecule has 0 unspecified atom stereocenters. The Bertz CT molecular complexity index is 3170. The second-order valence-electron chi connectivity index (χ2n) is 14.3. The molecule has 270 valence electrons. The van der Waals surface area contributed by atoms with Crippen LogP contribution in [0, 0.1) is 11.3 Å². The quantitative estimate of drug-likeness (QED) is 0.153. The van der Waals surface area contributed by atoms with Gasteiger partial charge in [-0.2, -0.15) is 5.26 Å². The van der Waals surface area contributed by atoms with E-state index in [2.05, 4.69) is 140 Å². The molecule has 0 spiro atoms. The maximum absolute atomic E-state index is 10.0. The average molecular weight is 739 g/mol. The van der Waals surface area contributed by atoms with Crippen molar-refractivity contribution in [2.45, 2.75) is 0 Å². The Kier molecular flexibility index (Phi) is 8.87. The predicted octanol–water partition coefficient (Wildman–Crippen LogP) is 13.7. The number of nitriles is 1. The van der Waals surface area contributed by atoms with Gasteiger partial charge in [-0.15, -0.1) is 0 Å². The van der Waals surface area contributed by atoms with Gasteiger partial charge in [0.2, 0.25) is 0 Å². The molecule has 0 bridgehead atoms. The molecule has 0 radical (unpaired) electrons. The maximum Gasteiger partial charge on any atom is 0.164 e. The SMILES string of the molecule is N#Cc1ccc(-c2cccc(-c3cc4ccccc4c4ccccc34)c2)c(-c2ccc(-c3nc(-c4ccccc4)nc(-c4ccccc4-c4ccccc4)n3)cc2)c1. The van der Waals surface area contributed by atoms with Gasteiger partial charge in [0.25, 0.3) is 0 Å². The van der Waals surface area contributed by atoms with Crippen LogP contribution in [0.3, 0.4) is 0 Å². The standard InChI is InChI=1S/C54H34N4/c55-35-36-26-31-46(41-19-13-20-42(33-41)51-34-43-18-7-8-22-45(43)47-23-10-11-24-48(47)51)50(32-36)38-27-29-40(30-28-38)53-56-52(39-16-5-2-6-17-39)57-54(58-53)49-25-12-9-21-44(49)37-14-3-1-4-15-37/h1-34H. The van der Waals surface area contributed by atoms with Crippen LogP contribution in [0.25, 0.3) is 100 Å². The minimum Gasteiger partial charge on any atom is -0.208 e. The lowest BCUT2D eigenvalue weighted by atomic mass is 9.89. The lowest BCUT2D eigenvalue weighted by Gasteiger charge is -2.15. The molecule has 0 fully saturated rings. The number of rotatable bonds is 7. The Morgan fingerprint density at radius 3 is 1.52 bits per heavy atom. The number of nitrogens with zero attached hydrogens (tertiary/aromatic N) is 4. The minimum atomic E-state index is 0.583. The van der Waals surface area contributed by atoms with E-state index in [-0.39, 0.29) is 0 Å². The molecule has 4 heteroatoms. The molecule has 0 atom stereocenters. The molecule has 58 heavy (non-hydrogen) atoms. The van der Waals surface area contributed by atoms with E-state index < -0.39 is 0 Å². The van der Waals surface area contributed by atoms with Crippen molar-refractivity contribution in [3.63, 3.8) is 0 Å². The first-order valence-corrected chi connectivity index (χ1v) is 19.3. The van der Waals surface area contributed by atoms with Gasteiger partial charge >= 0.3 is 0 Å². The molecule has 0 saturated heterocycles. The molecule has 1 heterocycles. The third-order valence-corrected chi connectivity index (χ3v) is 10.8. The van der Waals surface area contributed by atoms with Crippen molar-refractivity contribution < 1.29 is 0 Å². The van der Waals surface area contributed by atoms with E-state index in [0.29, 0.717) is 23.0 Å². The van der Waals surface area contributed by atoms with Crippen molar-refractivity contribution in [3.8, 4) is 84.7 Å². The van der Waals surface area contributed by atoms with Crippen LogP contribution in [0.1, 0.15) is 5.56 Å². The van der Waals surface area contributed by atoms with E-state index in [4.69, 9.17) is 15.0 Å². The van der Waals surface area contributed by atoms with Crippen molar-refractivity contribution in [1.82, 2.24) is 15.0 Å². The summed E-state index contributed by atoms with van der Waals surface area (Å²) in [5.41, 5.74) is 11.9. The first-order valence-electron chi connectivity index (χ1n) is 19.3. The van der Waals surface area contributed by atoms with Gasteiger partial charge in [-0.1, -0.05) is 182 Å². The van der Waals surface area contributed by atoms with E-state index in [0.717, 1.165) is 55.6 Å². The maximum atomic E-state index is 10.0. The Morgan fingerprint density at radius 1 is 0.293 bits per heavy atom. The molecule has 1 aromatic heterocycles. The summed E-state index contributed by atoms with van der Waals surface area (Å²) in [5, 5.41) is 14.9. The summed E-state index contributed by atoms with van der Waals surface area (Å²) in [4.78, 5) is 15.1. The molecule has 10 rings (SSSR count). The van der Waals surface area contributed by atoms with Gasteiger partial charge < -0.3 is 0 Å². The third-order valence-electron chi connectivity index (χ3n) is 10.8. The van der Waals surface area contributed by atoms with Gasteiger partial charge in [0.05, 0.1) is 11.6 Å². The third kappa shape index (κ3) is 6.47. The van der Waals surface area contributed by atoms with E-state index >= 15 is 0 Å². The summed E-state index contributed by atoms with van der Waals surface area (Å²) >= 11 is 0. The van der Waals surface area contributed by atoms with Crippen LogP contribution in [0.4, 0.5) is 0 Å². The lowest BCUT2D eigenvalue weighted by molar-refractivity contribution is 1.07. The molecule has 0 N–H and O–H groups in total. The average Bonchev–Trinajstić information content (AvgIpc) is 3.31. The Labute approximate surface area is 337 Å². The second-order valence-corrected chi connectivity index (χ2v) is 14.3. The summed E-state index contributed by atoms with van der Waals surface area (Å²) in [7, 11) is 0. The van der Waals surface area contributed by atoms with Gasteiger partial charge in [0, 0.05) is 16.7 Å². The monoisotopic (exact) mass is 738 g/mol. The molecular formula is C54H34N4. The number of benzene rings is 9. The van der Waals surface area contributed by atoms with E-state index in [1.165, 1.54) is 27.1 Å². The van der Waals surface area contributed by atoms with Crippen molar-refractivity contribution in [2.75, 3.05) is 0 Å². The zero-order valence-electron chi connectivity index (χ0n) is 31.4. The molecule has 10 aromatic rings. The van der Waals surface area contributed by atoms with Gasteiger partial charge in [-0.25, -0.2) is 15.0 Å². The van der Waals surface area contributed by atoms with Crippen LogP contribution < -0.4 is 0 Å². The predicted molar refractivity (Wildman–Crippen MR) is 238 cm³/mol. The molecular weight excluding hydrogens is 705 g/mol. The van der Waals surface area contributed by atoms with Crippen molar-refractivity contribution in [3.05, 3.63) is 212 Å². The fourth-order valence-electron chi connectivity index (χ4n) is 7.94. The zero-order chi connectivity index (χ0) is 38.8. The topological polar surface area (TPSA) is 62.5 Å². The number of hydrogen-bond acceptors (Lipinski definition) is 4. The molecule has 0 aliphatic heterocycles. The summed E-state index contributed by atoms with van der Waals surface area (Å²) in [6.07, 6.45) is 0. The highest BCUT2D eigenvalue weighted by Gasteiger charge is 2.17. The van der Waals surface area contributed by atoms with Crippen molar-refractivity contribution in [1.29, 1.82) is 5.26 Å². The van der Waals surface area contributed by atoms with Crippen molar-refractivity contribution in [2.24, 2.45) is 0 Å². The zero-order valence-corrected chi connectivity index (χ0v) is 31.4. The summed E-state index contributed by atoms with van der Waals surface area (Å²) in [6.45, 7) is 0. The van der Waals surface area contributed by atoms with Gasteiger partial charge in [-0.3, -0.25) is 0 Å². The summed E-state index contributed by atoms with van der Waals surface area (Å²) in [5.74, 6) is 1.80. The first-order chi connectivity index (χ1) is 28.7. The van der Waals surface area contributed by atoms with Gasteiger partial charge in [0.15, 0.2) is 17.5 Å². The van der Waals surface area contributed by atoms with Gasteiger partial charge in [0.1, 0.15) is 0 Å². The van der Waals surface area contributed by atoms with Crippen LogP contribution in [0.5, 0.6) is 0 Å². The van der Waals surface area contributed by atoms with Crippen LogP contribution in [-0.4, -0.2) is 15.0 Å². The Balaban J connectivity index is 1.07. The fourth-order valence-corrected chi connectivity index (χ4v) is 7.94. The van der Waals surface area contributed by atoms with Crippen LogP contribution >= 0.6 is 0 Å². The Morgan fingerprint density at radius 2 is 0.793 bits per heavy atom. The molecule has 0 aliphatic carbocycles. The smallest absolute Gasteiger partial charge is 0.164 e. The molecule has 9 aromatic carbocycles. The minimum absolute atomic E-state index is 0.583. The summed E-state index contributed by atoms with van der Waals surface area (Å²) in [6, 6.07) is 73.4. The molecule has 0 amide bonds. The van der Waals surface area contributed by atoms with Crippen LogP contribution in [-0.2, 0) is 0 Å². The van der Waals surface area contributed by atoms with Crippen molar-refractivity contribution >= 4 is 21.5 Å². The fraction of sp³-hybridized carbons (Fsp3) is 0. The summed E-state index contributed by atoms with van der Waals surface area (Å²) < 4.78 is 0. The highest BCUT2D eigenvalue weighted by molar-refractivity contribution is 6.14. The highest BCUT2D eigenvalue weighted by atomic mass is 15.0. The second kappa shape index (κ2) is 14.9.